The van der Waals surface area contributed by atoms with Crippen LogP contribution in [0.15, 0.2) is 72.8 Å². The van der Waals surface area contributed by atoms with Crippen molar-refractivity contribution in [3.8, 4) is 0 Å². The third kappa shape index (κ3) is 7.19. The fourth-order valence-electron chi connectivity index (χ4n) is 6.26. The largest absolute Gasteiger partial charge is 0.369 e. The fourth-order valence-corrected chi connectivity index (χ4v) is 6.51. The van der Waals surface area contributed by atoms with Crippen molar-refractivity contribution in [3.63, 3.8) is 0 Å². The lowest BCUT2D eigenvalue weighted by atomic mass is 9.96. The van der Waals surface area contributed by atoms with Crippen LogP contribution in [-0.4, -0.2) is 72.1 Å². The van der Waals surface area contributed by atoms with Crippen molar-refractivity contribution >= 4 is 39.9 Å². The van der Waals surface area contributed by atoms with Gasteiger partial charge in [0.05, 0.1) is 24.6 Å². The summed E-state index contributed by atoms with van der Waals surface area (Å²) in [7, 11) is 0. The Balaban J connectivity index is 1.12. The molecule has 0 radical (unpaired) electrons. The minimum absolute atomic E-state index is 0.166. The van der Waals surface area contributed by atoms with Gasteiger partial charge in [-0.25, -0.2) is 9.97 Å². The summed E-state index contributed by atoms with van der Waals surface area (Å²) in [5.41, 5.74) is 3.51. The number of hydrogen-bond acceptors (Lipinski definition) is 5. The standard InChI is InChI=1S/C33H38Cl2N6/c34-27-12-8-25(9-13-27)32(26-10-14-28(35)15-11-26)41-22-20-40(21-23-41)24-31-37-30-7-2-1-6-29(30)33(38-31)36-16-5-19-39-17-3-4-18-39/h1-2,6-15,32H,3-5,16-24H2,(H,36,37,38)/p+1. The Bertz CT molecular complexity index is 1370. The summed E-state index contributed by atoms with van der Waals surface area (Å²) in [5, 5.41) is 6.26. The smallest absolute Gasteiger partial charge is 0.186 e. The number of hydrogen-bond donors (Lipinski definition) is 2. The zero-order valence-electron chi connectivity index (χ0n) is 23.5. The van der Waals surface area contributed by atoms with Gasteiger partial charge in [-0.1, -0.05) is 59.6 Å². The molecule has 6 nitrogen and oxygen atoms in total. The number of para-hydroxylation sites is 1. The minimum Gasteiger partial charge on any atom is -0.369 e. The number of halogens is 2. The Morgan fingerprint density at radius 3 is 2.07 bits per heavy atom. The van der Waals surface area contributed by atoms with Gasteiger partial charge >= 0.3 is 0 Å². The Kier molecular flexibility index (Phi) is 9.34. The highest BCUT2D eigenvalue weighted by Crippen LogP contribution is 2.30. The van der Waals surface area contributed by atoms with Gasteiger partial charge in [0.1, 0.15) is 12.4 Å². The average Bonchev–Trinajstić information content (AvgIpc) is 3.52. The Hall–Kier alpha value is -2.74. The van der Waals surface area contributed by atoms with Gasteiger partial charge in [-0.2, -0.15) is 0 Å². The van der Waals surface area contributed by atoms with E-state index >= 15 is 0 Å². The van der Waals surface area contributed by atoms with Gasteiger partial charge in [0.2, 0.25) is 0 Å². The molecule has 3 heterocycles. The third-order valence-electron chi connectivity index (χ3n) is 8.44. The van der Waals surface area contributed by atoms with Gasteiger partial charge in [-0.05, 0) is 86.4 Å². The summed E-state index contributed by atoms with van der Waals surface area (Å²) < 4.78 is 0. The van der Waals surface area contributed by atoms with Crippen molar-refractivity contribution in [2.45, 2.75) is 31.8 Å². The topological polar surface area (TPSA) is 48.7 Å². The van der Waals surface area contributed by atoms with Gasteiger partial charge in [0.15, 0.2) is 5.82 Å². The Morgan fingerprint density at radius 1 is 0.780 bits per heavy atom. The molecule has 4 aromatic rings. The number of nitrogens with one attached hydrogen (secondary N) is 2. The molecule has 214 valence electrons. The molecule has 0 aliphatic carbocycles. The van der Waals surface area contributed by atoms with Crippen LogP contribution in [0.1, 0.15) is 42.3 Å². The van der Waals surface area contributed by atoms with Crippen LogP contribution in [0, 0.1) is 0 Å². The molecular formula is C33H39Cl2N6+. The lowest BCUT2D eigenvalue weighted by Gasteiger charge is -2.37. The quantitative estimate of drug-likeness (QED) is 0.245. The lowest BCUT2D eigenvalue weighted by molar-refractivity contribution is -0.918. The van der Waals surface area contributed by atoms with E-state index in [0.717, 1.165) is 84.8 Å². The van der Waals surface area contributed by atoms with E-state index in [1.54, 1.807) is 0 Å². The molecule has 6 rings (SSSR count). The summed E-state index contributed by atoms with van der Waals surface area (Å²) in [4.78, 5) is 16.7. The number of likely N-dealkylation sites (tertiary alicyclic amines) is 1. The molecule has 0 unspecified atom stereocenters. The van der Waals surface area contributed by atoms with Crippen LogP contribution < -0.4 is 10.2 Å². The number of aromatic nitrogens is 2. The molecule has 1 aromatic heterocycles. The van der Waals surface area contributed by atoms with Gasteiger partial charge in [0.25, 0.3) is 0 Å². The molecular weight excluding hydrogens is 551 g/mol. The number of rotatable bonds is 10. The molecule has 2 N–H and O–H groups in total. The highest BCUT2D eigenvalue weighted by atomic mass is 35.5. The van der Waals surface area contributed by atoms with Gasteiger partial charge in [-0.15, -0.1) is 0 Å². The maximum Gasteiger partial charge on any atom is 0.186 e. The van der Waals surface area contributed by atoms with Gasteiger partial charge in [-0.3, -0.25) is 4.90 Å². The first-order valence-electron chi connectivity index (χ1n) is 14.9. The molecule has 0 atom stereocenters. The zero-order chi connectivity index (χ0) is 28.0. The summed E-state index contributed by atoms with van der Waals surface area (Å²) in [6, 6.07) is 25.0. The number of quaternary nitrogens is 1. The Morgan fingerprint density at radius 2 is 1.41 bits per heavy atom. The second-order valence-electron chi connectivity index (χ2n) is 11.3. The van der Waals surface area contributed by atoms with Crippen molar-refractivity contribution in [2.75, 3.05) is 57.7 Å². The molecule has 2 saturated heterocycles. The second-order valence-corrected chi connectivity index (χ2v) is 12.2. The number of piperazine rings is 1. The van der Waals surface area contributed by atoms with Gasteiger partial charge in [0, 0.05) is 35.1 Å². The van der Waals surface area contributed by atoms with Crippen LogP contribution >= 0.6 is 23.2 Å². The fraction of sp³-hybridized carbons (Fsp3) is 0.394. The molecule has 2 fully saturated rings. The summed E-state index contributed by atoms with van der Waals surface area (Å²) >= 11 is 12.4. The van der Waals surface area contributed by atoms with E-state index < -0.39 is 0 Å². The molecule has 0 amide bonds. The molecule has 8 heteroatoms. The van der Waals surface area contributed by atoms with Gasteiger partial charge < -0.3 is 15.1 Å². The van der Waals surface area contributed by atoms with Crippen molar-refractivity contribution < 1.29 is 4.90 Å². The van der Waals surface area contributed by atoms with Crippen molar-refractivity contribution in [3.05, 3.63) is 99.8 Å². The average molecular weight is 591 g/mol. The first-order valence-corrected chi connectivity index (χ1v) is 15.7. The molecule has 0 saturated carbocycles. The number of fused-ring (bicyclic) bond motifs is 1. The predicted molar refractivity (Wildman–Crippen MR) is 169 cm³/mol. The number of benzene rings is 3. The van der Waals surface area contributed by atoms with Crippen LogP contribution in [0.5, 0.6) is 0 Å². The lowest BCUT2D eigenvalue weighted by Crippen LogP contribution is -3.13. The number of nitrogens with zero attached hydrogens (tertiary/aromatic N) is 4. The molecule has 2 aliphatic heterocycles. The maximum atomic E-state index is 6.22. The van der Waals surface area contributed by atoms with Crippen molar-refractivity contribution in [1.29, 1.82) is 0 Å². The van der Waals surface area contributed by atoms with Crippen LogP contribution in [0.25, 0.3) is 10.9 Å². The maximum absolute atomic E-state index is 6.22. The van der Waals surface area contributed by atoms with E-state index in [1.165, 1.54) is 42.0 Å². The second kappa shape index (κ2) is 13.5. The van der Waals surface area contributed by atoms with Crippen LogP contribution in [0.4, 0.5) is 5.82 Å². The monoisotopic (exact) mass is 589 g/mol. The van der Waals surface area contributed by atoms with Crippen molar-refractivity contribution in [1.82, 2.24) is 19.8 Å². The van der Waals surface area contributed by atoms with Crippen LogP contribution in [-0.2, 0) is 6.54 Å². The zero-order valence-corrected chi connectivity index (χ0v) is 25.0. The first kappa shape index (κ1) is 28.4. The van der Waals surface area contributed by atoms with Crippen LogP contribution in [0.3, 0.4) is 0 Å². The molecule has 41 heavy (non-hydrogen) atoms. The molecule has 2 aliphatic rings. The normalized spacial score (nSPS) is 17.0. The van der Waals surface area contributed by atoms with E-state index in [0.29, 0.717) is 0 Å². The Labute approximate surface area is 253 Å². The summed E-state index contributed by atoms with van der Waals surface area (Å²) in [5.74, 6) is 1.89. The highest BCUT2D eigenvalue weighted by molar-refractivity contribution is 6.30. The van der Waals surface area contributed by atoms with E-state index in [9.17, 15) is 0 Å². The SMILES string of the molecule is Clc1ccc(C(c2ccc(Cl)cc2)N2CC[NH+](Cc3nc(NCCCN4CCCC4)c4ccccc4n3)CC2)cc1. The van der Waals surface area contributed by atoms with Crippen LogP contribution in [0.2, 0.25) is 10.0 Å². The predicted octanol–water partition coefficient (Wildman–Crippen LogP) is 5.32. The molecule has 0 spiro atoms. The first-order chi connectivity index (χ1) is 20.1. The third-order valence-corrected chi connectivity index (χ3v) is 8.95. The van der Waals surface area contributed by atoms with E-state index in [1.807, 2.05) is 24.3 Å². The van der Waals surface area contributed by atoms with E-state index in [2.05, 4.69) is 63.6 Å². The minimum atomic E-state index is 0.166. The van der Waals surface area contributed by atoms with E-state index in [4.69, 9.17) is 33.2 Å². The highest BCUT2D eigenvalue weighted by Gasteiger charge is 2.29. The molecule has 0 bridgehead atoms. The summed E-state index contributed by atoms with van der Waals surface area (Å²) in [6.07, 6.45) is 3.81. The molecule has 3 aromatic carbocycles. The van der Waals surface area contributed by atoms with Crippen molar-refractivity contribution in [2.24, 2.45) is 0 Å². The summed E-state index contributed by atoms with van der Waals surface area (Å²) in [6.45, 7) is 9.45. The number of anilines is 1. The van der Waals surface area contributed by atoms with E-state index in [-0.39, 0.29) is 6.04 Å².